The maximum absolute atomic E-state index is 11.6. The third kappa shape index (κ3) is 6.10. The minimum absolute atomic E-state index is 0.0423. The largest absolute Gasteiger partial charge is 0.324 e. The minimum atomic E-state index is 0.0423. The number of nitrogens with one attached hydrogen (secondary N) is 1. The second-order valence-corrected chi connectivity index (χ2v) is 5.84. The van der Waals surface area contributed by atoms with Gasteiger partial charge in [0.05, 0.1) is 11.4 Å². The first-order valence-corrected chi connectivity index (χ1v) is 7.31. The zero-order valence-corrected chi connectivity index (χ0v) is 12.5. The van der Waals surface area contributed by atoms with Gasteiger partial charge in [0.15, 0.2) is 0 Å². The van der Waals surface area contributed by atoms with Gasteiger partial charge in [-0.2, -0.15) is 11.8 Å². The average molecular weight is 317 g/mol. The topological polar surface area (TPSA) is 32.3 Å². The Kier molecular flexibility index (Phi) is 6.62. The van der Waals surface area contributed by atoms with Crippen molar-refractivity contribution in [2.24, 2.45) is 0 Å². The highest BCUT2D eigenvalue weighted by molar-refractivity contribution is 9.10. The van der Waals surface area contributed by atoms with E-state index in [4.69, 9.17) is 0 Å². The van der Waals surface area contributed by atoms with Crippen molar-refractivity contribution in [1.82, 2.24) is 4.90 Å². The van der Waals surface area contributed by atoms with Crippen LogP contribution in [0.5, 0.6) is 0 Å². The predicted molar refractivity (Wildman–Crippen MR) is 78.7 cm³/mol. The molecule has 0 atom stereocenters. The van der Waals surface area contributed by atoms with Gasteiger partial charge < -0.3 is 10.2 Å². The van der Waals surface area contributed by atoms with E-state index in [-0.39, 0.29) is 5.91 Å². The molecule has 0 aliphatic rings. The number of carbonyl (C=O) groups excluding carboxylic acids is 1. The molecule has 1 amide bonds. The second-order valence-electron chi connectivity index (χ2n) is 3.88. The zero-order valence-electron chi connectivity index (χ0n) is 10.1. The Bertz CT molecular complexity index is 371. The number of rotatable bonds is 6. The van der Waals surface area contributed by atoms with E-state index < -0.39 is 0 Å². The van der Waals surface area contributed by atoms with Gasteiger partial charge in [-0.15, -0.1) is 0 Å². The van der Waals surface area contributed by atoms with Crippen LogP contribution in [-0.2, 0) is 4.79 Å². The van der Waals surface area contributed by atoms with Gasteiger partial charge in [0.2, 0.25) is 5.91 Å². The van der Waals surface area contributed by atoms with Crippen LogP contribution < -0.4 is 5.32 Å². The van der Waals surface area contributed by atoms with Gasteiger partial charge in [-0.05, 0) is 42.2 Å². The Labute approximate surface area is 115 Å². The maximum atomic E-state index is 11.6. The Morgan fingerprint density at radius 1 is 1.41 bits per heavy atom. The van der Waals surface area contributed by atoms with Gasteiger partial charge in [-0.25, -0.2) is 0 Å². The van der Waals surface area contributed by atoms with E-state index in [0.717, 1.165) is 22.5 Å². The first-order chi connectivity index (χ1) is 8.09. The Morgan fingerprint density at radius 3 is 2.76 bits per heavy atom. The monoisotopic (exact) mass is 316 g/mol. The highest BCUT2D eigenvalue weighted by Crippen LogP contribution is 2.21. The molecule has 1 N–H and O–H groups in total. The Hall–Kier alpha value is -0.520. The van der Waals surface area contributed by atoms with Gasteiger partial charge in [0.1, 0.15) is 0 Å². The van der Waals surface area contributed by atoms with Gasteiger partial charge in [0.25, 0.3) is 0 Å². The van der Waals surface area contributed by atoms with E-state index in [2.05, 4.69) is 26.1 Å². The third-order valence-corrected chi connectivity index (χ3v) is 3.69. The first kappa shape index (κ1) is 14.5. The smallest absolute Gasteiger partial charge is 0.234 e. The highest BCUT2D eigenvalue weighted by Gasteiger charge is 2.04. The number of hydrogen-bond donors (Lipinski definition) is 1. The summed E-state index contributed by atoms with van der Waals surface area (Å²) in [5.41, 5.74) is 0.825. The molecule has 0 bridgehead atoms. The van der Waals surface area contributed by atoms with Crippen molar-refractivity contribution in [3.05, 3.63) is 28.7 Å². The molecule has 0 aliphatic carbocycles. The number of para-hydroxylation sites is 1. The SMILES string of the molecule is CN(C)CCSCC(=O)Nc1ccccc1Br. The van der Waals surface area contributed by atoms with E-state index >= 15 is 0 Å². The van der Waals surface area contributed by atoms with E-state index in [9.17, 15) is 4.79 Å². The second kappa shape index (κ2) is 7.74. The van der Waals surface area contributed by atoms with Gasteiger partial charge >= 0.3 is 0 Å². The van der Waals surface area contributed by atoms with Crippen LogP contribution in [0.15, 0.2) is 28.7 Å². The maximum Gasteiger partial charge on any atom is 0.234 e. The summed E-state index contributed by atoms with van der Waals surface area (Å²) in [4.78, 5) is 13.8. The fraction of sp³-hybridized carbons (Fsp3) is 0.417. The fourth-order valence-corrected chi connectivity index (χ4v) is 2.44. The fourth-order valence-electron chi connectivity index (χ4n) is 1.16. The summed E-state index contributed by atoms with van der Waals surface area (Å²) in [6, 6.07) is 7.62. The molecule has 1 aromatic rings. The van der Waals surface area contributed by atoms with E-state index in [1.165, 1.54) is 0 Å². The zero-order chi connectivity index (χ0) is 12.7. The predicted octanol–water partition coefficient (Wildman–Crippen LogP) is 2.68. The van der Waals surface area contributed by atoms with Crippen molar-refractivity contribution in [3.8, 4) is 0 Å². The summed E-state index contributed by atoms with van der Waals surface area (Å²) in [7, 11) is 4.06. The van der Waals surface area contributed by atoms with Crippen molar-refractivity contribution < 1.29 is 4.79 Å². The number of benzene rings is 1. The molecule has 0 unspecified atom stereocenters. The molecule has 0 fully saturated rings. The van der Waals surface area contributed by atoms with Crippen LogP contribution >= 0.6 is 27.7 Å². The molecule has 5 heteroatoms. The molecule has 94 valence electrons. The summed E-state index contributed by atoms with van der Waals surface area (Å²) in [5.74, 6) is 1.51. The van der Waals surface area contributed by atoms with Gasteiger partial charge in [-0.1, -0.05) is 12.1 Å². The molecule has 0 aliphatic heterocycles. The lowest BCUT2D eigenvalue weighted by Gasteiger charge is -2.09. The number of halogens is 1. The van der Waals surface area contributed by atoms with Gasteiger partial charge in [-0.3, -0.25) is 4.79 Å². The summed E-state index contributed by atoms with van der Waals surface area (Å²) in [5, 5.41) is 2.88. The van der Waals surface area contributed by atoms with Crippen LogP contribution in [0.25, 0.3) is 0 Å². The molecule has 0 heterocycles. The van der Waals surface area contributed by atoms with Crippen LogP contribution in [0.1, 0.15) is 0 Å². The number of anilines is 1. The molecular weight excluding hydrogens is 300 g/mol. The molecule has 17 heavy (non-hydrogen) atoms. The normalized spacial score (nSPS) is 10.6. The summed E-state index contributed by atoms with van der Waals surface area (Å²) < 4.78 is 0.909. The summed E-state index contributed by atoms with van der Waals surface area (Å²) >= 11 is 5.04. The molecule has 1 rings (SSSR count). The molecule has 0 spiro atoms. The van der Waals surface area contributed by atoms with Crippen LogP contribution in [0.3, 0.4) is 0 Å². The lowest BCUT2D eigenvalue weighted by molar-refractivity contribution is -0.113. The lowest BCUT2D eigenvalue weighted by Crippen LogP contribution is -2.18. The van der Waals surface area contributed by atoms with Crippen LogP contribution in [0.4, 0.5) is 5.69 Å². The molecule has 0 saturated heterocycles. The minimum Gasteiger partial charge on any atom is -0.324 e. The van der Waals surface area contributed by atoms with Crippen LogP contribution in [0.2, 0.25) is 0 Å². The number of amides is 1. The molecule has 0 radical (unpaired) electrons. The molecule has 0 aromatic heterocycles. The van der Waals surface area contributed by atoms with Crippen LogP contribution in [-0.4, -0.2) is 43.0 Å². The Morgan fingerprint density at radius 2 is 2.12 bits per heavy atom. The average Bonchev–Trinajstić information content (AvgIpc) is 2.27. The molecular formula is C12H17BrN2OS. The quantitative estimate of drug-likeness (QED) is 0.819. The lowest BCUT2D eigenvalue weighted by atomic mass is 10.3. The highest BCUT2D eigenvalue weighted by atomic mass is 79.9. The molecule has 1 aromatic carbocycles. The van der Waals surface area contributed by atoms with Crippen molar-refractivity contribution in [2.75, 3.05) is 37.5 Å². The van der Waals surface area contributed by atoms with Crippen molar-refractivity contribution in [2.45, 2.75) is 0 Å². The van der Waals surface area contributed by atoms with E-state index in [1.54, 1.807) is 11.8 Å². The Balaban J connectivity index is 2.28. The molecule has 3 nitrogen and oxygen atoms in total. The van der Waals surface area contributed by atoms with Crippen molar-refractivity contribution in [3.63, 3.8) is 0 Å². The number of carbonyl (C=O) groups is 1. The van der Waals surface area contributed by atoms with E-state index in [0.29, 0.717) is 5.75 Å². The molecule has 0 saturated carbocycles. The van der Waals surface area contributed by atoms with Gasteiger partial charge in [0, 0.05) is 16.8 Å². The van der Waals surface area contributed by atoms with E-state index in [1.807, 2.05) is 38.4 Å². The summed E-state index contributed by atoms with van der Waals surface area (Å²) in [6.45, 7) is 0.993. The first-order valence-electron chi connectivity index (χ1n) is 5.36. The standard InChI is InChI=1S/C12H17BrN2OS/c1-15(2)7-8-17-9-12(16)14-11-6-4-3-5-10(11)13/h3-6H,7-9H2,1-2H3,(H,14,16). The van der Waals surface area contributed by atoms with Crippen molar-refractivity contribution in [1.29, 1.82) is 0 Å². The van der Waals surface area contributed by atoms with Crippen molar-refractivity contribution >= 4 is 39.3 Å². The number of hydrogen-bond acceptors (Lipinski definition) is 3. The summed E-state index contributed by atoms with van der Waals surface area (Å²) in [6.07, 6.45) is 0. The number of nitrogens with zero attached hydrogens (tertiary/aromatic N) is 1. The number of thioether (sulfide) groups is 1. The third-order valence-electron chi connectivity index (χ3n) is 2.06. The van der Waals surface area contributed by atoms with Crippen LogP contribution in [0, 0.1) is 0 Å².